The molecule has 0 aliphatic carbocycles. The molecule has 2 rings (SSSR count). The summed E-state index contributed by atoms with van der Waals surface area (Å²) in [6.45, 7) is 0. The van der Waals surface area contributed by atoms with Gasteiger partial charge >= 0.3 is 0 Å². The minimum absolute atomic E-state index is 0.0165. The van der Waals surface area contributed by atoms with Crippen LogP contribution < -0.4 is 0 Å². The molecular formula is C6H5N3O2. The molecule has 0 atom stereocenters. The minimum Gasteiger partial charge on any atom is -0.506 e. The monoisotopic (exact) mass is 151 g/mol. The van der Waals surface area contributed by atoms with Gasteiger partial charge in [-0.15, -0.1) is 5.10 Å². The zero-order valence-corrected chi connectivity index (χ0v) is 5.47. The maximum absolute atomic E-state index is 9.16. The van der Waals surface area contributed by atoms with E-state index in [4.69, 9.17) is 10.3 Å². The standard InChI is InChI=1S/C6H5N3O2/c10-5-3-1-2-4-6(5)7-8-9(4)11/h1-3,10-11H. The fourth-order valence-electron chi connectivity index (χ4n) is 0.919. The lowest BCUT2D eigenvalue weighted by molar-refractivity contribution is 0.154. The number of fused-ring (bicyclic) bond motifs is 1. The van der Waals surface area contributed by atoms with Crippen LogP contribution in [0.4, 0.5) is 0 Å². The molecule has 0 aliphatic heterocycles. The van der Waals surface area contributed by atoms with E-state index in [0.29, 0.717) is 15.9 Å². The predicted molar refractivity (Wildman–Crippen MR) is 36.4 cm³/mol. The van der Waals surface area contributed by atoms with Crippen LogP contribution in [0.2, 0.25) is 0 Å². The summed E-state index contributed by atoms with van der Waals surface area (Å²) < 4.78 is 0. The molecule has 1 aromatic heterocycles. The van der Waals surface area contributed by atoms with Crippen LogP contribution >= 0.6 is 0 Å². The number of rotatable bonds is 0. The Morgan fingerprint density at radius 2 is 2.18 bits per heavy atom. The highest BCUT2D eigenvalue weighted by Crippen LogP contribution is 2.19. The second-order valence-corrected chi connectivity index (χ2v) is 2.12. The van der Waals surface area contributed by atoms with Crippen molar-refractivity contribution in [3.8, 4) is 5.75 Å². The molecular weight excluding hydrogens is 146 g/mol. The quantitative estimate of drug-likeness (QED) is 0.534. The van der Waals surface area contributed by atoms with E-state index >= 15 is 0 Å². The number of hydrogen-bond donors (Lipinski definition) is 2. The molecule has 0 aliphatic rings. The second-order valence-electron chi connectivity index (χ2n) is 2.12. The van der Waals surface area contributed by atoms with E-state index in [2.05, 4.69) is 10.3 Å². The van der Waals surface area contributed by atoms with Crippen molar-refractivity contribution >= 4 is 11.0 Å². The normalized spacial score (nSPS) is 10.5. The topological polar surface area (TPSA) is 71.2 Å². The molecule has 5 nitrogen and oxygen atoms in total. The van der Waals surface area contributed by atoms with E-state index in [1.807, 2.05) is 0 Å². The van der Waals surface area contributed by atoms with Crippen LogP contribution in [0, 0.1) is 0 Å². The van der Waals surface area contributed by atoms with E-state index in [0.717, 1.165) is 0 Å². The Kier molecular flexibility index (Phi) is 1.00. The van der Waals surface area contributed by atoms with Crippen LogP contribution in [-0.2, 0) is 0 Å². The first kappa shape index (κ1) is 5.96. The Balaban J connectivity index is 2.94. The summed E-state index contributed by atoms with van der Waals surface area (Å²) in [5.41, 5.74) is 0.694. The SMILES string of the molecule is Oc1cccc2c1nnn2O. The molecule has 5 heteroatoms. The molecule has 1 aromatic carbocycles. The summed E-state index contributed by atoms with van der Waals surface area (Å²) in [6, 6.07) is 4.69. The van der Waals surface area contributed by atoms with Crippen LogP contribution in [0.25, 0.3) is 11.0 Å². The molecule has 0 saturated heterocycles. The van der Waals surface area contributed by atoms with Gasteiger partial charge in [0, 0.05) is 0 Å². The van der Waals surface area contributed by atoms with Crippen LogP contribution in [-0.4, -0.2) is 25.5 Å². The van der Waals surface area contributed by atoms with Crippen molar-refractivity contribution in [2.45, 2.75) is 0 Å². The third kappa shape index (κ3) is 0.706. The van der Waals surface area contributed by atoms with Gasteiger partial charge in [0.2, 0.25) is 0 Å². The third-order valence-corrected chi connectivity index (χ3v) is 1.44. The maximum atomic E-state index is 9.16. The van der Waals surface area contributed by atoms with E-state index in [1.165, 1.54) is 6.07 Å². The van der Waals surface area contributed by atoms with E-state index in [-0.39, 0.29) is 5.75 Å². The number of aromatic hydroxyl groups is 1. The minimum atomic E-state index is 0.0165. The molecule has 0 radical (unpaired) electrons. The number of phenolic OH excluding ortho intramolecular Hbond substituents is 1. The number of nitrogens with zero attached hydrogens (tertiary/aromatic N) is 3. The summed E-state index contributed by atoms with van der Waals surface area (Å²) in [6.07, 6.45) is 0. The van der Waals surface area contributed by atoms with E-state index in [1.54, 1.807) is 12.1 Å². The fourth-order valence-corrected chi connectivity index (χ4v) is 0.919. The van der Waals surface area contributed by atoms with Crippen LogP contribution in [0.15, 0.2) is 18.2 Å². The fraction of sp³-hybridized carbons (Fsp3) is 0. The van der Waals surface area contributed by atoms with Gasteiger partial charge in [0.25, 0.3) is 0 Å². The summed E-state index contributed by atoms with van der Waals surface area (Å²) in [5.74, 6) is 0.0165. The van der Waals surface area contributed by atoms with Gasteiger partial charge < -0.3 is 10.3 Å². The first-order valence-electron chi connectivity index (χ1n) is 3.01. The lowest BCUT2D eigenvalue weighted by Crippen LogP contribution is -1.90. The first-order chi connectivity index (χ1) is 5.29. The molecule has 0 bridgehead atoms. The lowest BCUT2D eigenvalue weighted by atomic mass is 10.3. The molecule has 56 valence electrons. The van der Waals surface area contributed by atoms with Crippen molar-refractivity contribution < 1.29 is 10.3 Å². The van der Waals surface area contributed by atoms with Gasteiger partial charge in [-0.3, -0.25) is 0 Å². The molecule has 1 heterocycles. The van der Waals surface area contributed by atoms with Crippen molar-refractivity contribution in [1.82, 2.24) is 15.2 Å². The Hall–Kier alpha value is -1.78. The summed E-state index contributed by atoms with van der Waals surface area (Å²) in [5, 5.41) is 25.0. The Morgan fingerprint density at radius 1 is 1.36 bits per heavy atom. The number of benzene rings is 1. The molecule has 0 saturated carbocycles. The molecule has 0 fully saturated rings. The van der Waals surface area contributed by atoms with Gasteiger partial charge in [-0.1, -0.05) is 10.9 Å². The van der Waals surface area contributed by atoms with Gasteiger partial charge in [-0.2, -0.15) is 0 Å². The highest BCUT2D eigenvalue weighted by molar-refractivity contribution is 5.80. The molecule has 0 spiro atoms. The van der Waals surface area contributed by atoms with Crippen LogP contribution in [0.3, 0.4) is 0 Å². The Morgan fingerprint density at radius 3 is 2.91 bits per heavy atom. The largest absolute Gasteiger partial charge is 0.506 e. The number of hydrogen-bond acceptors (Lipinski definition) is 4. The predicted octanol–water partition coefficient (Wildman–Crippen LogP) is 0.374. The Bertz CT molecular complexity index is 396. The highest BCUT2D eigenvalue weighted by atomic mass is 16.5. The van der Waals surface area contributed by atoms with Crippen LogP contribution in [0.1, 0.15) is 0 Å². The van der Waals surface area contributed by atoms with Crippen LogP contribution in [0.5, 0.6) is 5.75 Å². The Labute approximate surface area is 61.5 Å². The van der Waals surface area contributed by atoms with Crippen molar-refractivity contribution in [3.63, 3.8) is 0 Å². The van der Waals surface area contributed by atoms with E-state index in [9.17, 15) is 0 Å². The first-order valence-corrected chi connectivity index (χ1v) is 3.01. The average Bonchev–Trinajstić information content (AvgIpc) is 2.35. The van der Waals surface area contributed by atoms with Gasteiger partial charge in [-0.25, -0.2) is 0 Å². The van der Waals surface area contributed by atoms with Crippen molar-refractivity contribution in [3.05, 3.63) is 18.2 Å². The van der Waals surface area contributed by atoms with Crippen molar-refractivity contribution in [1.29, 1.82) is 0 Å². The summed E-state index contributed by atoms with van der Waals surface area (Å²) >= 11 is 0. The van der Waals surface area contributed by atoms with Gasteiger partial charge in [0.1, 0.15) is 11.3 Å². The molecule has 2 N–H and O–H groups in total. The average molecular weight is 151 g/mol. The molecule has 11 heavy (non-hydrogen) atoms. The molecule has 0 unspecified atom stereocenters. The van der Waals surface area contributed by atoms with Crippen molar-refractivity contribution in [2.75, 3.05) is 0 Å². The smallest absolute Gasteiger partial charge is 0.158 e. The van der Waals surface area contributed by atoms with Gasteiger partial charge in [-0.05, 0) is 17.3 Å². The number of phenols is 1. The van der Waals surface area contributed by atoms with Crippen molar-refractivity contribution in [2.24, 2.45) is 0 Å². The summed E-state index contributed by atoms with van der Waals surface area (Å²) in [7, 11) is 0. The number of aromatic nitrogens is 3. The summed E-state index contributed by atoms with van der Waals surface area (Å²) in [4.78, 5) is 0.620. The molecule has 0 amide bonds. The van der Waals surface area contributed by atoms with Gasteiger partial charge in [0.15, 0.2) is 5.52 Å². The molecule has 2 aromatic rings. The highest BCUT2D eigenvalue weighted by Gasteiger charge is 2.05. The lowest BCUT2D eigenvalue weighted by Gasteiger charge is -1.90. The maximum Gasteiger partial charge on any atom is 0.158 e. The van der Waals surface area contributed by atoms with Gasteiger partial charge in [0.05, 0.1) is 0 Å². The zero-order chi connectivity index (χ0) is 7.84. The third-order valence-electron chi connectivity index (χ3n) is 1.44. The zero-order valence-electron chi connectivity index (χ0n) is 5.47. The van der Waals surface area contributed by atoms with E-state index < -0.39 is 0 Å². The second kappa shape index (κ2) is 1.85.